The normalized spacial score (nSPS) is 12.5. The minimum Gasteiger partial charge on any atom is -0.504 e. The van der Waals surface area contributed by atoms with Crippen molar-refractivity contribution in [3.8, 4) is 17.2 Å². The number of rotatable bonds is 12. The van der Waals surface area contributed by atoms with Crippen molar-refractivity contribution < 1.29 is 15.3 Å². The molecule has 3 nitrogen and oxygen atoms in total. The first-order chi connectivity index (χ1) is 13.4. The van der Waals surface area contributed by atoms with E-state index in [9.17, 15) is 15.3 Å². The standard InChI is InChI=1S/C26H46O3/c1-25(2,3)17-13-9-7-11-15-20-19-22(27)24(29)23(28)21(20)16-12-8-10-14-18-26(4,5)6/h19,27-29H,7-18H2,1-6H3. The van der Waals surface area contributed by atoms with Gasteiger partial charge in [-0.3, -0.25) is 0 Å². The molecule has 0 fully saturated rings. The molecule has 0 atom stereocenters. The Balaban J connectivity index is 2.52. The van der Waals surface area contributed by atoms with Gasteiger partial charge in [0.25, 0.3) is 0 Å². The van der Waals surface area contributed by atoms with Gasteiger partial charge in [-0.05, 0) is 61.0 Å². The fourth-order valence-electron chi connectivity index (χ4n) is 3.87. The van der Waals surface area contributed by atoms with Gasteiger partial charge in [-0.2, -0.15) is 0 Å². The summed E-state index contributed by atoms with van der Waals surface area (Å²) in [5, 5.41) is 30.3. The van der Waals surface area contributed by atoms with Crippen LogP contribution in [-0.2, 0) is 12.8 Å². The van der Waals surface area contributed by atoms with Crippen LogP contribution in [0.5, 0.6) is 17.2 Å². The van der Waals surface area contributed by atoms with Gasteiger partial charge in [0, 0.05) is 5.56 Å². The van der Waals surface area contributed by atoms with Crippen molar-refractivity contribution in [1.29, 1.82) is 0 Å². The molecule has 0 saturated carbocycles. The van der Waals surface area contributed by atoms with E-state index in [-0.39, 0.29) is 17.2 Å². The van der Waals surface area contributed by atoms with Crippen molar-refractivity contribution >= 4 is 0 Å². The summed E-state index contributed by atoms with van der Waals surface area (Å²) in [6, 6.07) is 1.65. The lowest BCUT2D eigenvalue weighted by Crippen LogP contribution is -2.04. The van der Waals surface area contributed by atoms with E-state index < -0.39 is 0 Å². The molecule has 0 heterocycles. The predicted octanol–water partition coefficient (Wildman–Crippen LogP) is 7.88. The Bertz CT molecular complexity index is 606. The molecule has 0 aromatic heterocycles. The second kappa shape index (κ2) is 11.7. The van der Waals surface area contributed by atoms with Crippen molar-refractivity contribution in [2.75, 3.05) is 0 Å². The molecule has 0 spiro atoms. The van der Waals surface area contributed by atoms with Crippen LogP contribution >= 0.6 is 0 Å². The van der Waals surface area contributed by atoms with Crippen LogP contribution in [0.2, 0.25) is 0 Å². The molecule has 0 radical (unpaired) electrons. The lowest BCUT2D eigenvalue weighted by Gasteiger charge is -2.18. The van der Waals surface area contributed by atoms with Gasteiger partial charge >= 0.3 is 0 Å². The largest absolute Gasteiger partial charge is 0.504 e. The molecule has 0 unspecified atom stereocenters. The molecular weight excluding hydrogens is 360 g/mol. The topological polar surface area (TPSA) is 60.7 Å². The van der Waals surface area contributed by atoms with Crippen LogP contribution in [0.3, 0.4) is 0 Å². The SMILES string of the molecule is CC(C)(C)CCCCCCc1cc(O)c(O)c(O)c1CCCCCCC(C)(C)C. The van der Waals surface area contributed by atoms with E-state index in [1.165, 1.54) is 38.5 Å². The summed E-state index contributed by atoms with van der Waals surface area (Å²) in [5.74, 6) is -0.705. The summed E-state index contributed by atoms with van der Waals surface area (Å²) in [6.07, 6.45) is 13.3. The maximum atomic E-state index is 10.4. The summed E-state index contributed by atoms with van der Waals surface area (Å²) < 4.78 is 0. The van der Waals surface area contributed by atoms with Gasteiger partial charge in [0.1, 0.15) is 0 Å². The molecule has 1 aromatic rings. The highest BCUT2D eigenvalue weighted by atomic mass is 16.3. The van der Waals surface area contributed by atoms with E-state index in [1.54, 1.807) is 6.07 Å². The third-order valence-electron chi connectivity index (χ3n) is 5.68. The molecule has 3 N–H and O–H groups in total. The fourth-order valence-corrected chi connectivity index (χ4v) is 3.87. The van der Waals surface area contributed by atoms with E-state index in [4.69, 9.17) is 0 Å². The lowest BCUT2D eigenvalue weighted by molar-refractivity contribution is 0.355. The zero-order valence-corrected chi connectivity index (χ0v) is 19.9. The molecule has 0 aliphatic carbocycles. The highest BCUT2D eigenvalue weighted by molar-refractivity contribution is 5.57. The van der Waals surface area contributed by atoms with Gasteiger partial charge in [-0.1, -0.05) is 80.1 Å². The molecule has 0 amide bonds. The van der Waals surface area contributed by atoms with E-state index in [0.29, 0.717) is 10.8 Å². The Hall–Kier alpha value is -1.38. The highest BCUT2D eigenvalue weighted by Gasteiger charge is 2.17. The minimum absolute atomic E-state index is 0.123. The average Bonchev–Trinajstić information content (AvgIpc) is 2.59. The Morgan fingerprint density at radius 3 is 1.52 bits per heavy atom. The molecule has 3 heteroatoms. The van der Waals surface area contributed by atoms with Crippen molar-refractivity contribution in [3.63, 3.8) is 0 Å². The van der Waals surface area contributed by atoms with Crippen molar-refractivity contribution in [3.05, 3.63) is 17.2 Å². The molecule has 0 saturated heterocycles. The van der Waals surface area contributed by atoms with Crippen LogP contribution in [0.4, 0.5) is 0 Å². The first kappa shape index (κ1) is 25.7. The fraction of sp³-hybridized carbons (Fsp3) is 0.769. The Labute approximate surface area is 179 Å². The highest BCUT2D eigenvalue weighted by Crippen LogP contribution is 2.41. The summed E-state index contributed by atoms with van der Waals surface area (Å²) in [5.41, 5.74) is 2.60. The zero-order valence-electron chi connectivity index (χ0n) is 19.9. The molecule has 0 aliphatic rings. The van der Waals surface area contributed by atoms with Crippen molar-refractivity contribution in [1.82, 2.24) is 0 Å². The molecule has 0 bridgehead atoms. The van der Waals surface area contributed by atoms with E-state index in [1.807, 2.05) is 0 Å². The summed E-state index contributed by atoms with van der Waals surface area (Å²) >= 11 is 0. The van der Waals surface area contributed by atoms with E-state index >= 15 is 0 Å². The molecule has 1 aromatic carbocycles. The number of aryl methyl sites for hydroxylation is 1. The third kappa shape index (κ3) is 10.8. The van der Waals surface area contributed by atoms with Gasteiger partial charge in [0.2, 0.25) is 5.75 Å². The number of unbranched alkanes of at least 4 members (excludes halogenated alkanes) is 6. The van der Waals surface area contributed by atoms with Crippen LogP contribution < -0.4 is 0 Å². The Morgan fingerprint density at radius 2 is 1.03 bits per heavy atom. The maximum absolute atomic E-state index is 10.4. The number of phenolic OH excluding ortho intramolecular Hbond substituents is 3. The van der Waals surface area contributed by atoms with Crippen LogP contribution in [-0.4, -0.2) is 15.3 Å². The summed E-state index contributed by atoms with van der Waals surface area (Å²) in [4.78, 5) is 0. The van der Waals surface area contributed by atoms with Gasteiger partial charge in [-0.15, -0.1) is 0 Å². The Kier molecular flexibility index (Phi) is 10.4. The number of hydrogen-bond donors (Lipinski definition) is 3. The maximum Gasteiger partial charge on any atom is 0.200 e. The Morgan fingerprint density at radius 1 is 0.586 bits per heavy atom. The lowest BCUT2D eigenvalue weighted by atomic mass is 9.88. The molecule has 29 heavy (non-hydrogen) atoms. The van der Waals surface area contributed by atoms with E-state index in [0.717, 1.165) is 49.7 Å². The minimum atomic E-state index is -0.373. The van der Waals surface area contributed by atoms with Crippen LogP contribution in [0, 0.1) is 10.8 Å². The quantitative estimate of drug-likeness (QED) is 0.244. The smallest absolute Gasteiger partial charge is 0.200 e. The van der Waals surface area contributed by atoms with Crippen molar-refractivity contribution in [2.24, 2.45) is 10.8 Å². The van der Waals surface area contributed by atoms with Gasteiger partial charge in [0.05, 0.1) is 0 Å². The number of aromatic hydroxyl groups is 3. The van der Waals surface area contributed by atoms with Gasteiger partial charge in [0.15, 0.2) is 11.5 Å². The predicted molar refractivity (Wildman–Crippen MR) is 124 cm³/mol. The number of phenols is 3. The molecular formula is C26H46O3. The van der Waals surface area contributed by atoms with Crippen LogP contribution in [0.15, 0.2) is 6.07 Å². The molecule has 168 valence electrons. The van der Waals surface area contributed by atoms with E-state index in [2.05, 4.69) is 41.5 Å². The molecule has 0 aliphatic heterocycles. The number of benzene rings is 1. The first-order valence-corrected chi connectivity index (χ1v) is 11.7. The summed E-state index contributed by atoms with van der Waals surface area (Å²) in [7, 11) is 0. The number of hydrogen-bond acceptors (Lipinski definition) is 3. The zero-order chi connectivity index (χ0) is 22.1. The second-order valence-electron chi connectivity index (χ2n) is 11.2. The average molecular weight is 407 g/mol. The molecule has 1 rings (SSSR count). The van der Waals surface area contributed by atoms with Gasteiger partial charge < -0.3 is 15.3 Å². The summed E-state index contributed by atoms with van der Waals surface area (Å²) in [6.45, 7) is 13.7. The monoisotopic (exact) mass is 406 g/mol. The van der Waals surface area contributed by atoms with Crippen molar-refractivity contribution in [2.45, 2.75) is 119 Å². The van der Waals surface area contributed by atoms with Gasteiger partial charge in [-0.25, -0.2) is 0 Å². The first-order valence-electron chi connectivity index (χ1n) is 11.7. The third-order valence-corrected chi connectivity index (χ3v) is 5.68. The van der Waals surface area contributed by atoms with Crippen LogP contribution in [0.1, 0.15) is 117 Å². The van der Waals surface area contributed by atoms with Crippen LogP contribution in [0.25, 0.3) is 0 Å². The second-order valence-corrected chi connectivity index (χ2v) is 11.2.